The van der Waals surface area contributed by atoms with Crippen LogP contribution < -0.4 is 11.1 Å². The van der Waals surface area contributed by atoms with Gasteiger partial charge in [-0.05, 0) is 77.1 Å². The van der Waals surface area contributed by atoms with Crippen LogP contribution in [0.25, 0.3) is 21.5 Å². The summed E-state index contributed by atoms with van der Waals surface area (Å²) in [5.74, 6) is -1.59. The molecule has 0 amide bonds. The number of rotatable bonds is 11. The number of fused-ring (bicyclic) bond motifs is 2. The average Bonchev–Trinajstić information content (AvgIpc) is 3.10. The van der Waals surface area contributed by atoms with Crippen LogP contribution in [0, 0.1) is 0 Å². The van der Waals surface area contributed by atoms with Crippen molar-refractivity contribution >= 4 is 135 Å². The first kappa shape index (κ1) is 44.9. The van der Waals surface area contributed by atoms with E-state index in [0.717, 1.165) is 42.5 Å². The molecule has 0 fully saturated rings. The number of halogens is 2. The van der Waals surface area contributed by atoms with Gasteiger partial charge in [0.1, 0.15) is 41.5 Å². The molecular weight excluding hydrogens is 962 g/mol. The molecule has 0 atom stereocenters. The largest absolute Gasteiger partial charge is 0.505 e. The van der Waals surface area contributed by atoms with Gasteiger partial charge in [-0.25, -0.2) is 0 Å². The normalized spacial score (nSPS) is 13.2. The lowest BCUT2D eigenvalue weighted by atomic mass is 10.1. The van der Waals surface area contributed by atoms with Gasteiger partial charge < -0.3 is 16.2 Å². The monoisotopic (exact) mass is 979 g/mol. The highest BCUT2D eigenvalue weighted by Crippen LogP contribution is 2.49. The van der Waals surface area contributed by atoms with E-state index < -0.39 is 131 Å². The van der Waals surface area contributed by atoms with Gasteiger partial charge in [0, 0.05) is 16.5 Å². The lowest BCUT2D eigenvalue weighted by Crippen LogP contribution is -2.04. The second-order valence-corrected chi connectivity index (χ2v) is 19.5. The van der Waals surface area contributed by atoms with Gasteiger partial charge in [-0.2, -0.15) is 62.2 Å². The summed E-state index contributed by atoms with van der Waals surface area (Å²) >= 11 is 11.5. The van der Waals surface area contributed by atoms with Gasteiger partial charge in [0.25, 0.3) is 50.6 Å². The number of aromatic nitrogens is 3. The SMILES string of the molecule is Nc1c(N=Nc2cc(Nc3nc(Cl)nc(Cl)n3)ccc2S(=O)(=O)O)c(S(=O)(=O)O)cc2cc(S(=O)(=O)O)c(N=Nc3cc(S(=O)(=O)O)c4cccc(S(=O)(=O)O)c4c3)c(O)c12. The van der Waals surface area contributed by atoms with Crippen molar-refractivity contribution < 1.29 is 70.0 Å². The molecule has 25 nitrogen and oxygen atoms in total. The number of nitrogen functional groups attached to an aromatic ring is 1. The number of aromatic hydroxyl groups is 1. The highest BCUT2D eigenvalue weighted by atomic mass is 35.5. The van der Waals surface area contributed by atoms with E-state index in [9.17, 15) is 70.0 Å². The first-order valence-corrected chi connectivity index (χ1v) is 23.4. The highest BCUT2D eigenvalue weighted by Gasteiger charge is 2.29. The molecule has 9 N–H and O–H groups in total. The summed E-state index contributed by atoms with van der Waals surface area (Å²) in [6.07, 6.45) is 0. The van der Waals surface area contributed by atoms with E-state index in [1.807, 2.05) is 0 Å². The number of nitrogens with zero attached hydrogens (tertiary/aromatic N) is 7. The summed E-state index contributed by atoms with van der Waals surface area (Å²) in [5, 5.41) is 25.5. The summed E-state index contributed by atoms with van der Waals surface area (Å²) < 4.78 is 173. The number of benzene rings is 5. The van der Waals surface area contributed by atoms with Crippen LogP contribution in [0.2, 0.25) is 10.6 Å². The molecule has 6 rings (SSSR count). The minimum absolute atomic E-state index is 0.0732. The maximum Gasteiger partial charge on any atom is 0.296 e. The Hall–Kier alpha value is -5.64. The molecule has 5 aromatic carbocycles. The van der Waals surface area contributed by atoms with Crippen LogP contribution in [0.1, 0.15) is 0 Å². The fraction of sp³-hybridized carbons (Fsp3) is 0. The summed E-state index contributed by atoms with van der Waals surface area (Å²) in [4.78, 5) is 5.77. The standard InChI is InChI=1S/C29H19Cl2N9O16S5/c30-27-34-28(31)36-29(35-27)33-12-4-5-18(58(45,46)47)16(9-12)38-39-24-20(60(51,52)53)6-11-7-21(61(54,55)56)25(26(41)22(11)23(24)32)40-37-13-8-15-14(19(10-13)59(48,49)50)2-1-3-17(15)57(42,43)44/h1-10,41H,32H2,(H,42,43,44)(H,45,46,47)(H,48,49,50)(H,51,52,53)(H,54,55,56)(H,33,34,35,36). The first-order chi connectivity index (χ1) is 28.0. The van der Waals surface area contributed by atoms with Gasteiger partial charge in [0.2, 0.25) is 16.5 Å². The Bertz CT molecular complexity index is 3520. The molecule has 0 unspecified atom stereocenters. The summed E-state index contributed by atoms with van der Waals surface area (Å²) in [6.45, 7) is 0. The molecule has 0 radical (unpaired) electrons. The summed E-state index contributed by atoms with van der Waals surface area (Å²) in [6, 6.07) is 8.20. The third-order valence-electron chi connectivity index (χ3n) is 7.93. The zero-order valence-electron chi connectivity index (χ0n) is 29.0. The highest BCUT2D eigenvalue weighted by molar-refractivity contribution is 7.87. The molecule has 61 heavy (non-hydrogen) atoms. The topological polar surface area (TPSA) is 418 Å². The van der Waals surface area contributed by atoms with Crippen LogP contribution in [0.5, 0.6) is 5.75 Å². The fourth-order valence-corrected chi connectivity index (χ4v) is 9.24. The van der Waals surface area contributed by atoms with Gasteiger partial charge in [0.05, 0.1) is 16.8 Å². The molecule has 0 aliphatic heterocycles. The lowest BCUT2D eigenvalue weighted by Gasteiger charge is -2.14. The van der Waals surface area contributed by atoms with E-state index in [1.165, 1.54) is 0 Å². The third-order valence-corrected chi connectivity index (χ3v) is 12.7. The number of nitrogens with one attached hydrogen (secondary N) is 1. The Morgan fingerprint density at radius 3 is 1.66 bits per heavy atom. The summed E-state index contributed by atoms with van der Waals surface area (Å²) in [5.41, 5.74) is 1.55. The van der Waals surface area contributed by atoms with Crippen molar-refractivity contribution in [3.05, 3.63) is 71.2 Å². The Kier molecular flexibility index (Phi) is 11.5. The molecule has 0 saturated carbocycles. The summed E-state index contributed by atoms with van der Waals surface area (Å²) in [7, 11) is -26.3. The van der Waals surface area contributed by atoms with Gasteiger partial charge in [-0.1, -0.05) is 12.1 Å². The van der Waals surface area contributed by atoms with Crippen molar-refractivity contribution in [1.29, 1.82) is 0 Å². The van der Waals surface area contributed by atoms with Crippen molar-refractivity contribution in [3.8, 4) is 5.75 Å². The van der Waals surface area contributed by atoms with Crippen molar-refractivity contribution in [1.82, 2.24) is 15.0 Å². The van der Waals surface area contributed by atoms with Crippen molar-refractivity contribution in [3.63, 3.8) is 0 Å². The van der Waals surface area contributed by atoms with Crippen LogP contribution >= 0.6 is 23.2 Å². The Morgan fingerprint density at radius 2 is 1.10 bits per heavy atom. The second kappa shape index (κ2) is 15.7. The maximum atomic E-state index is 12.6. The second-order valence-electron chi connectivity index (χ2n) is 11.9. The van der Waals surface area contributed by atoms with Gasteiger partial charge in [0.15, 0.2) is 5.75 Å². The van der Waals surface area contributed by atoms with E-state index in [-0.39, 0.29) is 22.2 Å². The Morgan fingerprint density at radius 1 is 0.557 bits per heavy atom. The average molecular weight is 981 g/mol. The Balaban J connectivity index is 1.59. The van der Waals surface area contributed by atoms with Crippen molar-refractivity contribution in [2.24, 2.45) is 20.5 Å². The molecular formula is C29H19Cl2N9O16S5. The maximum absolute atomic E-state index is 12.6. The minimum atomic E-state index is -5.48. The number of hydrogen-bond donors (Lipinski definition) is 8. The number of azo groups is 2. The molecule has 320 valence electrons. The van der Waals surface area contributed by atoms with E-state index in [4.69, 9.17) is 28.9 Å². The van der Waals surface area contributed by atoms with Crippen LogP contribution in [-0.4, -0.2) is 84.9 Å². The number of phenolic OH excluding ortho intramolecular Hbond substituents is 1. The van der Waals surface area contributed by atoms with Crippen LogP contribution in [0.3, 0.4) is 0 Å². The van der Waals surface area contributed by atoms with Crippen LogP contribution in [0.15, 0.2) is 106 Å². The zero-order chi connectivity index (χ0) is 45.2. The van der Waals surface area contributed by atoms with E-state index >= 15 is 0 Å². The Labute approximate surface area is 351 Å². The van der Waals surface area contributed by atoms with Crippen LogP contribution in [0.4, 0.5) is 40.1 Å². The van der Waals surface area contributed by atoms with Gasteiger partial charge in [-0.3, -0.25) is 22.8 Å². The molecule has 1 aromatic heterocycles. The number of phenols is 1. The molecule has 6 aromatic rings. The number of nitrogens with two attached hydrogens (primary N) is 1. The fourth-order valence-electron chi connectivity index (χ4n) is 5.52. The molecule has 0 aliphatic rings. The molecule has 0 spiro atoms. The van der Waals surface area contributed by atoms with Crippen molar-refractivity contribution in [2.45, 2.75) is 24.5 Å². The first-order valence-electron chi connectivity index (χ1n) is 15.4. The molecule has 0 bridgehead atoms. The van der Waals surface area contributed by atoms with Gasteiger partial charge in [-0.15, -0.1) is 15.3 Å². The van der Waals surface area contributed by atoms with E-state index in [0.29, 0.717) is 18.2 Å². The third kappa shape index (κ3) is 9.48. The number of hydrogen-bond acceptors (Lipinski definition) is 20. The van der Waals surface area contributed by atoms with E-state index in [1.54, 1.807) is 0 Å². The van der Waals surface area contributed by atoms with Crippen LogP contribution in [-0.2, 0) is 50.6 Å². The molecule has 1 heterocycles. The molecule has 0 aliphatic carbocycles. The van der Waals surface area contributed by atoms with Gasteiger partial charge >= 0.3 is 0 Å². The smallest absolute Gasteiger partial charge is 0.296 e. The molecule has 0 saturated heterocycles. The predicted molar refractivity (Wildman–Crippen MR) is 211 cm³/mol. The molecule has 32 heteroatoms. The quantitative estimate of drug-likeness (QED) is 0.0446. The predicted octanol–water partition coefficient (Wildman–Crippen LogP) is 5.58. The van der Waals surface area contributed by atoms with E-state index in [2.05, 4.69) is 40.7 Å². The van der Waals surface area contributed by atoms with Crippen molar-refractivity contribution in [2.75, 3.05) is 11.1 Å². The number of anilines is 3. The zero-order valence-corrected chi connectivity index (χ0v) is 34.6. The minimum Gasteiger partial charge on any atom is -0.505 e. The lowest BCUT2D eigenvalue weighted by molar-refractivity contribution is 0.472.